The largest absolute Gasteiger partial charge is 0.308 e. The molecule has 0 spiro atoms. The minimum Gasteiger partial charge on any atom is -0.308 e. The fourth-order valence-electron chi connectivity index (χ4n) is 3.43. The van der Waals surface area contributed by atoms with Crippen molar-refractivity contribution in [2.75, 3.05) is 11.4 Å². The van der Waals surface area contributed by atoms with Crippen LogP contribution in [0.4, 0.5) is 10.1 Å². The Morgan fingerprint density at radius 3 is 2.48 bits per heavy atom. The van der Waals surface area contributed by atoms with E-state index in [1.54, 1.807) is 17.0 Å². The highest BCUT2D eigenvalue weighted by molar-refractivity contribution is 9.10. The van der Waals surface area contributed by atoms with Crippen LogP contribution in [0.5, 0.6) is 0 Å². The maximum Gasteiger partial charge on any atom is 0.267 e. The molecule has 0 aliphatic carbocycles. The molecule has 2 aliphatic heterocycles. The molecule has 1 saturated heterocycles. The van der Waals surface area contributed by atoms with Crippen molar-refractivity contribution in [1.29, 1.82) is 0 Å². The highest BCUT2D eigenvalue weighted by atomic mass is 79.9. The van der Waals surface area contributed by atoms with E-state index in [1.165, 1.54) is 17.0 Å². The van der Waals surface area contributed by atoms with Gasteiger partial charge < -0.3 is 4.90 Å². The van der Waals surface area contributed by atoms with Crippen LogP contribution in [-0.2, 0) is 16.1 Å². The number of carbonyl (C=O) groups excluding carboxylic acids is 2. The lowest BCUT2D eigenvalue weighted by Gasteiger charge is -2.15. The van der Waals surface area contributed by atoms with Crippen molar-refractivity contribution in [3.05, 3.63) is 68.8 Å². The van der Waals surface area contributed by atoms with Crippen LogP contribution in [0.1, 0.15) is 24.5 Å². The summed E-state index contributed by atoms with van der Waals surface area (Å²) in [6.07, 6.45) is 0.806. The van der Waals surface area contributed by atoms with Gasteiger partial charge in [0.15, 0.2) is 0 Å². The number of benzene rings is 2. The molecule has 2 amide bonds. The number of hydrogen-bond donors (Lipinski definition) is 0. The number of carbonyl (C=O) groups is 2. The summed E-state index contributed by atoms with van der Waals surface area (Å²) >= 11 is 10.0. The van der Waals surface area contributed by atoms with Gasteiger partial charge in [-0.05, 0) is 42.3 Å². The van der Waals surface area contributed by atoms with Crippen molar-refractivity contribution < 1.29 is 14.0 Å². The number of thiocarbonyl (C=S) groups is 1. The first-order valence-corrected chi connectivity index (χ1v) is 11.1. The van der Waals surface area contributed by atoms with E-state index in [0.29, 0.717) is 21.3 Å². The molecular formula is C21H16BrFN2O2S2. The molecule has 0 N–H and O–H groups in total. The molecule has 148 valence electrons. The number of anilines is 1. The van der Waals surface area contributed by atoms with Crippen molar-refractivity contribution >= 4 is 67.3 Å². The quantitative estimate of drug-likeness (QED) is 0.440. The molecule has 0 saturated carbocycles. The average Bonchev–Trinajstić information content (AvgIpc) is 3.11. The Morgan fingerprint density at radius 1 is 1.07 bits per heavy atom. The Kier molecular flexibility index (Phi) is 5.59. The highest BCUT2D eigenvalue weighted by Crippen LogP contribution is 2.45. The van der Waals surface area contributed by atoms with E-state index in [2.05, 4.69) is 15.9 Å². The third-order valence-electron chi connectivity index (χ3n) is 4.76. The van der Waals surface area contributed by atoms with Crippen LogP contribution in [0.25, 0.3) is 5.57 Å². The second-order valence-electron chi connectivity index (χ2n) is 6.71. The van der Waals surface area contributed by atoms with Crippen LogP contribution < -0.4 is 4.90 Å². The summed E-state index contributed by atoms with van der Waals surface area (Å²) in [4.78, 5) is 29.9. The van der Waals surface area contributed by atoms with Crippen LogP contribution in [0, 0.1) is 5.82 Å². The first kappa shape index (κ1) is 20.3. The van der Waals surface area contributed by atoms with Crippen molar-refractivity contribution in [3.63, 3.8) is 0 Å². The van der Waals surface area contributed by atoms with Crippen LogP contribution in [-0.4, -0.2) is 27.6 Å². The van der Waals surface area contributed by atoms with Gasteiger partial charge >= 0.3 is 0 Å². The SMILES string of the molecule is CCCN1C(=O)C(=C2SC(=S)N(Cc3ccc(F)cc3)C2=O)c2cc(Br)ccc21. The van der Waals surface area contributed by atoms with Gasteiger partial charge in [-0.1, -0.05) is 59.0 Å². The lowest BCUT2D eigenvalue weighted by molar-refractivity contribution is -0.122. The smallest absolute Gasteiger partial charge is 0.267 e. The molecule has 0 bridgehead atoms. The number of halogens is 2. The van der Waals surface area contributed by atoms with E-state index in [0.717, 1.165) is 39.5 Å². The molecule has 2 heterocycles. The Hall–Kier alpha value is -2.03. The molecule has 2 aromatic carbocycles. The predicted octanol–water partition coefficient (Wildman–Crippen LogP) is 5.12. The maximum absolute atomic E-state index is 13.2. The summed E-state index contributed by atoms with van der Waals surface area (Å²) in [6, 6.07) is 11.6. The van der Waals surface area contributed by atoms with Gasteiger partial charge in [0.05, 0.1) is 22.7 Å². The monoisotopic (exact) mass is 490 g/mol. The van der Waals surface area contributed by atoms with Gasteiger partial charge in [-0.3, -0.25) is 14.5 Å². The average molecular weight is 491 g/mol. The van der Waals surface area contributed by atoms with Crippen LogP contribution in [0.15, 0.2) is 51.8 Å². The fourth-order valence-corrected chi connectivity index (χ4v) is 5.11. The summed E-state index contributed by atoms with van der Waals surface area (Å²) in [5.41, 5.74) is 2.70. The van der Waals surface area contributed by atoms with E-state index >= 15 is 0 Å². The Labute approximate surface area is 185 Å². The third kappa shape index (κ3) is 3.65. The molecular weight excluding hydrogens is 475 g/mol. The van der Waals surface area contributed by atoms with Crippen LogP contribution >= 0.6 is 39.9 Å². The summed E-state index contributed by atoms with van der Waals surface area (Å²) in [6.45, 7) is 2.82. The predicted molar refractivity (Wildman–Crippen MR) is 121 cm³/mol. The van der Waals surface area contributed by atoms with E-state index in [9.17, 15) is 14.0 Å². The zero-order valence-electron chi connectivity index (χ0n) is 15.4. The van der Waals surface area contributed by atoms with Gasteiger partial charge in [-0.15, -0.1) is 0 Å². The van der Waals surface area contributed by atoms with Crippen molar-refractivity contribution in [2.24, 2.45) is 0 Å². The second-order valence-corrected chi connectivity index (χ2v) is 9.27. The molecule has 2 aliphatic rings. The zero-order chi connectivity index (χ0) is 20.7. The normalized spacial score (nSPS) is 18.8. The molecule has 0 aromatic heterocycles. The van der Waals surface area contributed by atoms with Crippen molar-refractivity contribution in [3.8, 4) is 0 Å². The maximum atomic E-state index is 13.2. The molecule has 1 fully saturated rings. The molecule has 29 heavy (non-hydrogen) atoms. The van der Waals surface area contributed by atoms with E-state index in [-0.39, 0.29) is 24.2 Å². The summed E-state index contributed by atoms with van der Waals surface area (Å²) in [5.74, 6) is -0.810. The topological polar surface area (TPSA) is 40.6 Å². The van der Waals surface area contributed by atoms with Crippen LogP contribution in [0.3, 0.4) is 0 Å². The molecule has 2 aromatic rings. The second kappa shape index (κ2) is 8.01. The van der Waals surface area contributed by atoms with E-state index in [4.69, 9.17) is 12.2 Å². The van der Waals surface area contributed by atoms with E-state index in [1.807, 2.05) is 25.1 Å². The summed E-state index contributed by atoms with van der Waals surface area (Å²) in [5, 5.41) is 0. The molecule has 0 radical (unpaired) electrons. The first-order valence-electron chi connectivity index (χ1n) is 9.05. The molecule has 4 nitrogen and oxygen atoms in total. The zero-order valence-corrected chi connectivity index (χ0v) is 18.7. The fraction of sp³-hybridized carbons (Fsp3) is 0.190. The molecule has 0 atom stereocenters. The van der Waals surface area contributed by atoms with Crippen molar-refractivity contribution in [2.45, 2.75) is 19.9 Å². The number of fused-ring (bicyclic) bond motifs is 1. The van der Waals surface area contributed by atoms with Gasteiger partial charge in [-0.2, -0.15) is 0 Å². The molecule has 0 unspecified atom stereocenters. The van der Waals surface area contributed by atoms with Gasteiger partial charge in [-0.25, -0.2) is 4.39 Å². The Bertz CT molecular complexity index is 1070. The highest BCUT2D eigenvalue weighted by Gasteiger charge is 2.41. The minimum atomic E-state index is -0.337. The van der Waals surface area contributed by atoms with Gasteiger partial charge in [0.2, 0.25) is 0 Å². The first-order chi connectivity index (χ1) is 13.9. The Morgan fingerprint density at radius 2 is 1.79 bits per heavy atom. The van der Waals surface area contributed by atoms with Crippen LogP contribution in [0.2, 0.25) is 0 Å². The molecule has 8 heteroatoms. The Balaban J connectivity index is 1.74. The third-order valence-corrected chi connectivity index (χ3v) is 6.70. The lowest BCUT2D eigenvalue weighted by Crippen LogP contribution is -2.29. The summed E-state index contributed by atoms with van der Waals surface area (Å²) < 4.78 is 14.4. The molecule has 4 rings (SSSR count). The number of thioether (sulfide) groups is 1. The standard InChI is InChI=1S/C21H16BrFN2O2S2/c1-2-9-24-16-8-5-13(22)10-15(16)17(19(24)26)18-20(27)25(21(28)29-18)11-12-3-6-14(23)7-4-12/h3-8,10H,2,9,11H2,1H3. The lowest BCUT2D eigenvalue weighted by atomic mass is 10.1. The number of nitrogens with zero attached hydrogens (tertiary/aromatic N) is 2. The number of amides is 2. The minimum absolute atomic E-state index is 0.178. The van der Waals surface area contributed by atoms with E-state index < -0.39 is 0 Å². The van der Waals surface area contributed by atoms with Gasteiger partial charge in [0.1, 0.15) is 10.1 Å². The number of rotatable bonds is 4. The van der Waals surface area contributed by atoms with Gasteiger partial charge in [0, 0.05) is 16.6 Å². The number of hydrogen-bond acceptors (Lipinski definition) is 4. The summed E-state index contributed by atoms with van der Waals surface area (Å²) in [7, 11) is 0. The van der Waals surface area contributed by atoms with Crippen molar-refractivity contribution in [1.82, 2.24) is 4.90 Å². The van der Waals surface area contributed by atoms with Gasteiger partial charge in [0.25, 0.3) is 11.8 Å².